The second-order valence-electron chi connectivity index (χ2n) is 5.25. The van der Waals surface area contributed by atoms with E-state index in [0.29, 0.717) is 22.0 Å². The van der Waals surface area contributed by atoms with E-state index in [4.69, 9.17) is 0 Å². The van der Waals surface area contributed by atoms with E-state index in [1.165, 1.54) is 18.6 Å². The molecule has 2 saturated heterocycles. The molecule has 2 aliphatic heterocycles. The van der Waals surface area contributed by atoms with Crippen LogP contribution in [0.1, 0.15) is 23.2 Å². The topological polar surface area (TPSA) is 32.3 Å². The Kier molecular flexibility index (Phi) is 3.58. The first kappa shape index (κ1) is 13.1. The number of benzene rings is 1. The number of halogens is 2. The molecule has 5 heteroatoms. The lowest BCUT2D eigenvalue weighted by Gasteiger charge is -2.37. The molecule has 1 amide bonds. The number of nitrogens with one attached hydrogen (secondary N) is 1. The Balaban J connectivity index is 1.86. The zero-order valence-electron chi connectivity index (χ0n) is 10.5. The van der Waals surface area contributed by atoms with Crippen LogP contribution in [-0.4, -0.2) is 36.5 Å². The van der Waals surface area contributed by atoms with Crippen LogP contribution in [0.4, 0.5) is 4.39 Å². The van der Waals surface area contributed by atoms with Gasteiger partial charge in [-0.1, -0.05) is 0 Å². The molecule has 3 nitrogen and oxygen atoms in total. The van der Waals surface area contributed by atoms with Crippen molar-refractivity contribution in [3.8, 4) is 0 Å². The number of hydrogen-bond acceptors (Lipinski definition) is 2. The van der Waals surface area contributed by atoms with Crippen molar-refractivity contribution in [1.29, 1.82) is 0 Å². The summed E-state index contributed by atoms with van der Waals surface area (Å²) in [6, 6.07) is 4.54. The van der Waals surface area contributed by atoms with E-state index in [-0.39, 0.29) is 11.7 Å². The van der Waals surface area contributed by atoms with Crippen molar-refractivity contribution < 1.29 is 9.18 Å². The van der Waals surface area contributed by atoms with Gasteiger partial charge in [0.25, 0.3) is 5.91 Å². The summed E-state index contributed by atoms with van der Waals surface area (Å²) in [4.78, 5) is 14.6. The average molecular weight is 327 g/mol. The van der Waals surface area contributed by atoms with Crippen LogP contribution in [0.2, 0.25) is 0 Å². The molecule has 102 valence electrons. The first-order chi connectivity index (χ1) is 9.16. The van der Waals surface area contributed by atoms with Crippen molar-refractivity contribution in [3.63, 3.8) is 0 Å². The number of carbonyl (C=O) groups excluding carboxylic acids is 1. The highest BCUT2D eigenvalue weighted by atomic mass is 79.9. The minimum absolute atomic E-state index is 0.00488. The van der Waals surface area contributed by atoms with Gasteiger partial charge in [0.05, 0.1) is 5.56 Å². The second kappa shape index (κ2) is 5.21. The van der Waals surface area contributed by atoms with E-state index < -0.39 is 0 Å². The summed E-state index contributed by atoms with van der Waals surface area (Å²) >= 11 is 3.28. The fourth-order valence-electron chi connectivity index (χ4n) is 3.14. The number of piperidine rings is 1. The van der Waals surface area contributed by atoms with E-state index in [2.05, 4.69) is 21.2 Å². The predicted octanol–water partition coefficient (Wildman–Crippen LogP) is 2.41. The third kappa shape index (κ3) is 2.41. The Bertz CT molecular complexity index is 508. The summed E-state index contributed by atoms with van der Waals surface area (Å²) in [5.41, 5.74) is 0.550. The van der Waals surface area contributed by atoms with Gasteiger partial charge in [-0.25, -0.2) is 4.39 Å². The van der Waals surface area contributed by atoms with Crippen molar-refractivity contribution >= 4 is 21.8 Å². The number of hydrogen-bond donors (Lipinski definition) is 1. The van der Waals surface area contributed by atoms with Crippen molar-refractivity contribution in [2.75, 3.05) is 19.6 Å². The van der Waals surface area contributed by atoms with Gasteiger partial charge in [-0.2, -0.15) is 0 Å². The van der Waals surface area contributed by atoms with Gasteiger partial charge in [0, 0.05) is 30.1 Å². The normalized spacial score (nSPS) is 26.3. The molecule has 1 aromatic rings. The summed E-state index contributed by atoms with van der Waals surface area (Å²) in [5.74, 6) is 0.240. The molecule has 2 aliphatic rings. The first-order valence-corrected chi connectivity index (χ1v) is 7.43. The van der Waals surface area contributed by atoms with Crippen LogP contribution in [0, 0.1) is 11.7 Å². The van der Waals surface area contributed by atoms with Gasteiger partial charge in [0.1, 0.15) is 5.82 Å². The standard InChI is InChI=1S/C14H16BrFN2O/c15-12-6-10(16)3-4-11(12)14(19)18-5-1-2-9-7-17-8-13(9)18/h3-4,6,9,13,17H,1-2,5,7-8H2. The second-order valence-corrected chi connectivity index (χ2v) is 6.10. The lowest BCUT2D eigenvalue weighted by atomic mass is 9.91. The van der Waals surface area contributed by atoms with Gasteiger partial charge < -0.3 is 10.2 Å². The Morgan fingerprint density at radius 3 is 3.05 bits per heavy atom. The Morgan fingerprint density at radius 1 is 1.42 bits per heavy atom. The molecule has 3 rings (SSSR count). The maximum Gasteiger partial charge on any atom is 0.255 e. The monoisotopic (exact) mass is 326 g/mol. The number of nitrogens with zero attached hydrogens (tertiary/aromatic N) is 1. The van der Waals surface area contributed by atoms with Crippen LogP contribution in [-0.2, 0) is 0 Å². The minimum Gasteiger partial charge on any atom is -0.334 e. The third-order valence-electron chi connectivity index (χ3n) is 4.10. The maximum absolute atomic E-state index is 13.1. The van der Waals surface area contributed by atoms with Gasteiger partial charge in [-0.05, 0) is 52.9 Å². The molecule has 2 atom stereocenters. The number of amides is 1. The third-order valence-corrected chi connectivity index (χ3v) is 4.76. The van der Waals surface area contributed by atoms with Crippen LogP contribution < -0.4 is 5.32 Å². The van der Waals surface area contributed by atoms with E-state index in [1.54, 1.807) is 6.07 Å². The molecule has 1 N–H and O–H groups in total. The number of likely N-dealkylation sites (tertiary alicyclic amines) is 1. The first-order valence-electron chi connectivity index (χ1n) is 6.63. The van der Waals surface area contributed by atoms with Crippen molar-refractivity contribution in [3.05, 3.63) is 34.1 Å². The lowest BCUT2D eigenvalue weighted by Crippen LogP contribution is -2.48. The van der Waals surface area contributed by atoms with E-state index in [1.807, 2.05) is 4.90 Å². The smallest absolute Gasteiger partial charge is 0.255 e. The molecule has 0 aliphatic carbocycles. The van der Waals surface area contributed by atoms with Crippen molar-refractivity contribution in [2.24, 2.45) is 5.92 Å². The zero-order chi connectivity index (χ0) is 13.4. The maximum atomic E-state index is 13.1. The number of carbonyl (C=O) groups is 1. The fraction of sp³-hybridized carbons (Fsp3) is 0.500. The Morgan fingerprint density at radius 2 is 2.26 bits per heavy atom. The highest BCUT2D eigenvalue weighted by molar-refractivity contribution is 9.10. The van der Waals surface area contributed by atoms with Gasteiger partial charge >= 0.3 is 0 Å². The predicted molar refractivity (Wildman–Crippen MR) is 74.5 cm³/mol. The van der Waals surface area contributed by atoms with Crippen molar-refractivity contribution in [2.45, 2.75) is 18.9 Å². The average Bonchev–Trinajstić information content (AvgIpc) is 2.86. The van der Waals surface area contributed by atoms with Gasteiger partial charge in [0.2, 0.25) is 0 Å². The Labute approximate surface area is 120 Å². The molecule has 19 heavy (non-hydrogen) atoms. The highest BCUT2D eigenvalue weighted by Gasteiger charge is 2.37. The molecule has 0 radical (unpaired) electrons. The molecule has 2 heterocycles. The molecule has 0 spiro atoms. The van der Waals surface area contributed by atoms with Gasteiger partial charge in [0.15, 0.2) is 0 Å². The summed E-state index contributed by atoms with van der Waals surface area (Å²) in [7, 11) is 0. The number of fused-ring (bicyclic) bond motifs is 1. The highest BCUT2D eigenvalue weighted by Crippen LogP contribution is 2.29. The lowest BCUT2D eigenvalue weighted by molar-refractivity contribution is 0.0574. The van der Waals surface area contributed by atoms with Crippen LogP contribution in [0.5, 0.6) is 0 Å². The largest absolute Gasteiger partial charge is 0.334 e. The molecule has 0 saturated carbocycles. The van der Waals surface area contributed by atoms with Crippen LogP contribution in [0.15, 0.2) is 22.7 Å². The quantitative estimate of drug-likeness (QED) is 0.859. The molecule has 0 bridgehead atoms. The summed E-state index contributed by atoms with van der Waals surface area (Å²) in [5, 5.41) is 3.36. The molecular weight excluding hydrogens is 311 g/mol. The van der Waals surface area contributed by atoms with Crippen LogP contribution in [0.25, 0.3) is 0 Å². The molecule has 0 aromatic heterocycles. The van der Waals surface area contributed by atoms with Crippen LogP contribution >= 0.6 is 15.9 Å². The molecule has 1 aromatic carbocycles. The Hall–Kier alpha value is -0.940. The number of rotatable bonds is 1. The minimum atomic E-state index is -0.331. The summed E-state index contributed by atoms with van der Waals surface area (Å²) in [6.45, 7) is 2.67. The summed E-state index contributed by atoms with van der Waals surface area (Å²) in [6.07, 6.45) is 2.24. The van der Waals surface area contributed by atoms with Gasteiger partial charge in [-0.15, -0.1) is 0 Å². The molecular formula is C14H16BrFN2O. The SMILES string of the molecule is O=C(c1ccc(F)cc1Br)N1CCCC2CNCC21. The van der Waals surface area contributed by atoms with Gasteiger partial charge in [-0.3, -0.25) is 4.79 Å². The van der Waals surface area contributed by atoms with E-state index in [0.717, 1.165) is 26.1 Å². The molecule has 2 fully saturated rings. The van der Waals surface area contributed by atoms with Crippen LogP contribution in [0.3, 0.4) is 0 Å². The molecule has 2 unspecified atom stereocenters. The summed E-state index contributed by atoms with van der Waals surface area (Å²) < 4.78 is 13.6. The zero-order valence-corrected chi connectivity index (χ0v) is 12.1. The fourth-order valence-corrected chi connectivity index (χ4v) is 3.66. The van der Waals surface area contributed by atoms with Crippen molar-refractivity contribution in [1.82, 2.24) is 10.2 Å². The van der Waals surface area contributed by atoms with E-state index >= 15 is 0 Å². The van der Waals surface area contributed by atoms with E-state index in [9.17, 15) is 9.18 Å².